The lowest BCUT2D eigenvalue weighted by Gasteiger charge is -2.27. The molecular weight excluding hydrogens is 346 g/mol. The normalized spacial score (nSPS) is 20.0. The van der Waals surface area contributed by atoms with Crippen molar-refractivity contribution in [1.29, 1.82) is 0 Å². The maximum absolute atomic E-state index is 12.7. The summed E-state index contributed by atoms with van der Waals surface area (Å²) in [7, 11) is 3.69. The predicted octanol–water partition coefficient (Wildman–Crippen LogP) is 3.25. The number of fused-ring (bicyclic) bond motifs is 3. The minimum absolute atomic E-state index is 0.0113. The maximum Gasteiger partial charge on any atom is 0.256 e. The number of methoxy groups -OCH3 is 1. The zero-order valence-electron chi connectivity index (χ0n) is 13.5. The summed E-state index contributed by atoms with van der Waals surface area (Å²) < 4.78 is 5.19. The number of thiophene rings is 1. The number of carbonyl (C=O) groups excluding carboxylic acids is 1. The van der Waals surface area contributed by atoms with E-state index in [2.05, 4.69) is 22.6 Å². The van der Waals surface area contributed by atoms with Crippen molar-refractivity contribution in [2.45, 2.75) is 19.1 Å². The van der Waals surface area contributed by atoms with Gasteiger partial charge in [-0.25, -0.2) is 0 Å². The summed E-state index contributed by atoms with van der Waals surface area (Å²) in [5, 5.41) is 7.98. The molecule has 0 fully saturated rings. The summed E-state index contributed by atoms with van der Waals surface area (Å²) in [6, 6.07) is 5.55. The molecule has 0 saturated heterocycles. The molecule has 0 unspecified atom stereocenters. The second kappa shape index (κ2) is 5.95. The van der Waals surface area contributed by atoms with Crippen LogP contribution in [0.3, 0.4) is 0 Å². The van der Waals surface area contributed by atoms with E-state index in [0.717, 1.165) is 35.6 Å². The number of halogens is 1. The van der Waals surface area contributed by atoms with E-state index in [4.69, 9.17) is 16.3 Å². The minimum atomic E-state index is -0.286. The topological polar surface area (TPSA) is 53.6 Å². The zero-order valence-corrected chi connectivity index (χ0v) is 15.1. The van der Waals surface area contributed by atoms with Gasteiger partial charge in [0, 0.05) is 18.0 Å². The van der Waals surface area contributed by atoms with Gasteiger partial charge < -0.3 is 20.3 Å². The van der Waals surface area contributed by atoms with E-state index in [1.165, 1.54) is 10.4 Å². The molecule has 5 nitrogen and oxygen atoms in total. The van der Waals surface area contributed by atoms with Crippen LogP contribution in [0, 0.1) is 0 Å². The number of nitrogens with one attached hydrogen (secondary N) is 2. The highest BCUT2D eigenvalue weighted by Gasteiger charge is 2.32. The van der Waals surface area contributed by atoms with E-state index in [-0.39, 0.29) is 12.1 Å². The number of anilines is 1. The average molecular weight is 364 g/mol. The fourth-order valence-electron chi connectivity index (χ4n) is 3.27. The molecule has 4 rings (SSSR count). The van der Waals surface area contributed by atoms with Crippen LogP contribution in [0.15, 0.2) is 18.2 Å². The third kappa shape index (κ3) is 2.55. The van der Waals surface area contributed by atoms with Crippen molar-refractivity contribution in [2.24, 2.45) is 0 Å². The van der Waals surface area contributed by atoms with Crippen molar-refractivity contribution < 1.29 is 9.53 Å². The standard InChI is InChI=1S/C17H18ClN3O2S/c1-21-6-5-10-13(8-21)24-17-14(10)16(22)19-15(20-17)9-3-4-12(23-2)11(18)7-9/h3-4,7,15,20H,5-6,8H2,1-2H3,(H,19,22)/t15-/m0/s1. The first-order valence-electron chi connectivity index (χ1n) is 7.80. The number of hydrogen-bond acceptors (Lipinski definition) is 5. The Bertz CT molecular complexity index is 820. The van der Waals surface area contributed by atoms with Crippen LogP contribution in [0.25, 0.3) is 0 Å². The van der Waals surface area contributed by atoms with E-state index in [1.54, 1.807) is 18.4 Å². The number of likely N-dealkylation sites (N-methyl/N-ethyl adjacent to an activating group) is 1. The fraction of sp³-hybridized carbons (Fsp3) is 0.353. The molecule has 0 spiro atoms. The van der Waals surface area contributed by atoms with Gasteiger partial charge >= 0.3 is 0 Å². The Morgan fingerprint density at radius 1 is 1.38 bits per heavy atom. The first-order chi connectivity index (χ1) is 11.6. The Kier molecular flexibility index (Phi) is 3.90. The van der Waals surface area contributed by atoms with Gasteiger partial charge in [-0.2, -0.15) is 0 Å². The van der Waals surface area contributed by atoms with E-state index >= 15 is 0 Å². The average Bonchev–Trinajstić information content (AvgIpc) is 2.92. The molecule has 1 aromatic carbocycles. The Morgan fingerprint density at radius 2 is 2.21 bits per heavy atom. The monoisotopic (exact) mass is 363 g/mol. The van der Waals surface area contributed by atoms with Crippen molar-refractivity contribution in [3.63, 3.8) is 0 Å². The molecule has 24 heavy (non-hydrogen) atoms. The zero-order chi connectivity index (χ0) is 16.8. The highest BCUT2D eigenvalue weighted by Crippen LogP contribution is 2.41. The Balaban J connectivity index is 1.67. The smallest absolute Gasteiger partial charge is 0.256 e. The van der Waals surface area contributed by atoms with Crippen LogP contribution in [0.2, 0.25) is 5.02 Å². The summed E-state index contributed by atoms with van der Waals surface area (Å²) in [4.78, 5) is 16.2. The SMILES string of the molecule is COc1ccc([C@H]2NC(=O)c3c(sc4c3CCN(C)C4)N2)cc1Cl. The lowest BCUT2D eigenvalue weighted by Crippen LogP contribution is -2.38. The largest absolute Gasteiger partial charge is 0.495 e. The summed E-state index contributed by atoms with van der Waals surface area (Å²) in [5.41, 5.74) is 2.92. The van der Waals surface area contributed by atoms with Gasteiger partial charge in [-0.1, -0.05) is 17.7 Å². The fourth-order valence-corrected chi connectivity index (χ4v) is 4.89. The van der Waals surface area contributed by atoms with E-state index in [0.29, 0.717) is 10.8 Å². The highest BCUT2D eigenvalue weighted by molar-refractivity contribution is 7.16. The molecule has 2 N–H and O–H groups in total. The van der Waals surface area contributed by atoms with Crippen LogP contribution in [0.4, 0.5) is 5.00 Å². The minimum Gasteiger partial charge on any atom is -0.495 e. The lowest BCUT2D eigenvalue weighted by atomic mass is 10.0. The molecule has 2 aliphatic heterocycles. The van der Waals surface area contributed by atoms with Crippen LogP contribution >= 0.6 is 22.9 Å². The van der Waals surface area contributed by atoms with Gasteiger partial charge in [0.1, 0.15) is 16.9 Å². The molecule has 1 atom stereocenters. The van der Waals surface area contributed by atoms with Crippen molar-refractivity contribution in [1.82, 2.24) is 10.2 Å². The molecule has 0 radical (unpaired) electrons. The molecule has 1 aromatic heterocycles. The van der Waals surface area contributed by atoms with Crippen LogP contribution < -0.4 is 15.4 Å². The number of hydrogen-bond donors (Lipinski definition) is 2. The number of benzene rings is 1. The molecule has 1 amide bonds. The quantitative estimate of drug-likeness (QED) is 0.860. The number of nitrogens with zero attached hydrogens (tertiary/aromatic N) is 1. The first-order valence-corrected chi connectivity index (χ1v) is 9.00. The molecule has 0 saturated carbocycles. The van der Waals surface area contributed by atoms with Gasteiger partial charge in [0.2, 0.25) is 0 Å². The molecule has 7 heteroatoms. The number of ether oxygens (including phenoxy) is 1. The van der Waals surface area contributed by atoms with Crippen molar-refractivity contribution in [3.05, 3.63) is 44.8 Å². The molecule has 0 bridgehead atoms. The molecule has 0 aliphatic carbocycles. The second-order valence-electron chi connectivity index (χ2n) is 6.14. The Labute approximate surface area is 149 Å². The third-order valence-electron chi connectivity index (χ3n) is 4.53. The molecule has 2 aromatic rings. The van der Waals surface area contributed by atoms with Gasteiger partial charge in [0.15, 0.2) is 0 Å². The summed E-state index contributed by atoms with van der Waals surface area (Å²) in [6.07, 6.45) is 0.637. The molecular formula is C17H18ClN3O2S. The Morgan fingerprint density at radius 3 is 2.96 bits per heavy atom. The molecule has 3 heterocycles. The van der Waals surface area contributed by atoms with Gasteiger partial charge in [0.25, 0.3) is 5.91 Å². The van der Waals surface area contributed by atoms with Gasteiger partial charge in [-0.05, 0) is 36.7 Å². The van der Waals surface area contributed by atoms with Gasteiger partial charge in [0.05, 0.1) is 17.7 Å². The first kappa shape index (κ1) is 15.7. The predicted molar refractivity (Wildman–Crippen MR) is 96.2 cm³/mol. The number of amides is 1. The Hall–Kier alpha value is -1.76. The van der Waals surface area contributed by atoms with Gasteiger partial charge in [-0.3, -0.25) is 4.79 Å². The van der Waals surface area contributed by atoms with Crippen LogP contribution in [-0.2, 0) is 13.0 Å². The second-order valence-corrected chi connectivity index (χ2v) is 7.65. The summed E-state index contributed by atoms with van der Waals surface area (Å²) in [5.74, 6) is 0.612. The van der Waals surface area contributed by atoms with E-state index in [9.17, 15) is 4.79 Å². The van der Waals surface area contributed by atoms with Crippen molar-refractivity contribution in [2.75, 3.05) is 26.0 Å². The summed E-state index contributed by atoms with van der Waals surface area (Å²) >= 11 is 7.90. The highest BCUT2D eigenvalue weighted by atomic mass is 35.5. The van der Waals surface area contributed by atoms with Gasteiger partial charge in [-0.15, -0.1) is 11.3 Å². The summed E-state index contributed by atoms with van der Waals surface area (Å²) in [6.45, 7) is 1.89. The van der Waals surface area contributed by atoms with Crippen LogP contribution in [0.5, 0.6) is 5.75 Å². The van der Waals surface area contributed by atoms with Crippen molar-refractivity contribution in [3.8, 4) is 5.75 Å². The molecule has 2 aliphatic rings. The lowest BCUT2D eigenvalue weighted by molar-refractivity contribution is 0.0935. The number of carbonyl (C=O) groups is 1. The van der Waals surface area contributed by atoms with Crippen LogP contribution in [-0.4, -0.2) is 31.5 Å². The van der Waals surface area contributed by atoms with Crippen LogP contribution in [0.1, 0.15) is 32.5 Å². The van der Waals surface area contributed by atoms with E-state index in [1.807, 2.05) is 18.2 Å². The third-order valence-corrected chi connectivity index (χ3v) is 5.98. The number of rotatable bonds is 2. The maximum atomic E-state index is 12.7. The van der Waals surface area contributed by atoms with Crippen molar-refractivity contribution >= 4 is 33.8 Å². The van der Waals surface area contributed by atoms with E-state index < -0.39 is 0 Å². The molecule has 126 valence electrons.